The minimum Gasteiger partial charge on any atom is -0.292 e. The summed E-state index contributed by atoms with van der Waals surface area (Å²) in [4.78, 5) is 5.30. The van der Waals surface area contributed by atoms with Crippen LogP contribution in [0.25, 0.3) is 59.4 Å². The summed E-state index contributed by atoms with van der Waals surface area (Å²) < 4.78 is 5.00. The van der Waals surface area contributed by atoms with Gasteiger partial charge in [-0.2, -0.15) is 0 Å². The predicted molar refractivity (Wildman–Crippen MR) is 178 cm³/mol. The highest BCUT2D eigenvalue weighted by molar-refractivity contribution is 7.26. The molecule has 0 amide bonds. The van der Waals surface area contributed by atoms with Crippen molar-refractivity contribution in [2.45, 2.75) is 46.0 Å². The molecule has 7 rings (SSSR count). The van der Waals surface area contributed by atoms with Crippen LogP contribution in [0, 0.1) is 0 Å². The quantitative estimate of drug-likeness (QED) is 0.213. The lowest BCUT2D eigenvalue weighted by Crippen LogP contribution is -2.12. The van der Waals surface area contributed by atoms with Crippen LogP contribution in [0.1, 0.15) is 51.7 Å². The number of hydrogen-bond donors (Lipinski definition) is 0. The molecule has 0 atom stereocenters. The van der Waals surface area contributed by atoms with Gasteiger partial charge >= 0.3 is 0 Å². The van der Waals surface area contributed by atoms with Gasteiger partial charge in [0.25, 0.3) is 0 Å². The molecule has 2 heterocycles. The average Bonchev–Trinajstić information content (AvgIpc) is 3.55. The fourth-order valence-corrected chi connectivity index (χ4v) is 7.11. The van der Waals surface area contributed by atoms with Crippen molar-refractivity contribution in [2.24, 2.45) is 0 Å². The van der Waals surface area contributed by atoms with E-state index in [0.29, 0.717) is 5.92 Å². The molecule has 0 aliphatic rings. The van der Waals surface area contributed by atoms with Gasteiger partial charge in [0.1, 0.15) is 5.82 Å². The summed E-state index contributed by atoms with van der Waals surface area (Å²) in [5.74, 6) is 1.48. The highest BCUT2D eigenvalue weighted by Crippen LogP contribution is 2.43. The molecule has 2 aromatic heterocycles. The number of rotatable bonds is 4. The third-order valence-corrected chi connectivity index (χ3v) is 9.38. The second-order valence-corrected chi connectivity index (χ2v) is 13.4. The zero-order valence-corrected chi connectivity index (χ0v) is 25.1. The fourth-order valence-electron chi connectivity index (χ4n) is 5.85. The normalized spacial score (nSPS) is 12.2. The topological polar surface area (TPSA) is 17.8 Å². The van der Waals surface area contributed by atoms with E-state index >= 15 is 0 Å². The van der Waals surface area contributed by atoms with Crippen molar-refractivity contribution < 1.29 is 0 Å². The highest BCUT2D eigenvalue weighted by atomic mass is 32.1. The molecular weight excluding hydrogens is 516 g/mol. The van der Waals surface area contributed by atoms with Crippen molar-refractivity contribution >= 4 is 42.5 Å². The smallest absolute Gasteiger partial charge is 0.147 e. The van der Waals surface area contributed by atoms with Gasteiger partial charge in [0.2, 0.25) is 0 Å². The lowest BCUT2D eigenvalue weighted by molar-refractivity contribution is 0.590. The summed E-state index contributed by atoms with van der Waals surface area (Å²) in [5.41, 5.74) is 9.59. The van der Waals surface area contributed by atoms with Crippen LogP contribution in [0.3, 0.4) is 0 Å². The Balaban J connectivity index is 1.55. The van der Waals surface area contributed by atoms with E-state index in [9.17, 15) is 0 Å². The van der Waals surface area contributed by atoms with Crippen LogP contribution in [0.15, 0.2) is 109 Å². The number of benzene rings is 5. The molecule has 0 spiro atoms. The van der Waals surface area contributed by atoms with Gasteiger partial charge in [0.15, 0.2) is 0 Å². The third kappa shape index (κ3) is 4.36. The Morgan fingerprint density at radius 1 is 0.707 bits per heavy atom. The number of thiophene rings is 1. The molecule has 0 saturated carbocycles. The first-order valence-corrected chi connectivity index (χ1v) is 15.2. The SMILES string of the molecule is CC(C)c1ccc2c(c1)sc1c(-c3nc4ccccc4n3-c3ccc(C(C)(C)C)cc3-c3ccccc3)cccc12. The van der Waals surface area contributed by atoms with Crippen LogP contribution in [0.2, 0.25) is 0 Å². The molecule has 0 N–H and O–H groups in total. The van der Waals surface area contributed by atoms with E-state index in [-0.39, 0.29) is 5.41 Å². The molecule has 0 saturated heterocycles. The van der Waals surface area contributed by atoms with Crippen LogP contribution in [0.4, 0.5) is 0 Å². The van der Waals surface area contributed by atoms with E-state index in [1.54, 1.807) is 0 Å². The van der Waals surface area contributed by atoms with Crippen molar-refractivity contribution in [1.82, 2.24) is 9.55 Å². The Labute approximate surface area is 245 Å². The molecule has 41 heavy (non-hydrogen) atoms. The fraction of sp³-hybridized carbons (Fsp3) is 0.184. The Kier molecular flexibility index (Phi) is 6.10. The van der Waals surface area contributed by atoms with Gasteiger partial charge in [-0.1, -0.05) is 107 Å². The Bertz CT molecular complexity index is 2050. The summed E-state index contributed by atoms with van der Waals surface area (Å²) in [6, 6.07) is 39.9. The number of para-hydroxylation sites is 2. The maximum absolute atomic E-state index is 5.30. The van der Waals surface area contributed by atoms with E-state index in [1.807, 2.05) is 11.3 Å². The zero-order valence-electron chi connectivity index (χ0n) is 24.3. The van der Waals surface area contributed by atoms with Crippen LogP contribution < -0.4 is 0 Å². The summed E-state index contributed by atoms with van der Waals surface area (Å²) in [6.07, 6.45) is 0. The van der Waals surface area contributed by atoms with Crippen molar-refractivity contribution in [3.05, 3.63) is 120 Å². The van der Waals surface area contributed by atoms with Gasteiger partial charge in [-0.25, -0.2) is 4.98 Å². The number of aromatic nitrogens is 2. The largest absolute Gasteiger partial charge is 0.292 e. The molecule has 0 bridgehead atoms. The number of hydrogen-bond acceptors (Lipinski definition) is 2. The zero-order chi connectivity index (χ0) is 28.3. The minimum absolute atomic E-state index is 0.0411. The van der Waals surface area contributed by atoms with Crippen molar-refractivity contribution in [1.29, 1.82) is 0 Å². The molecule has 7 aromatic rings. The second-order valence-electron chi connectivity index (χ2n) is 12.3. The van der Waals surface area contributed by atoms with E-state index < -0.39 is 0 Å². The molecule has 0 aliphatic carbocycles. The molecule has 5 aromatic carbocycles. The van der Waals surface area contributed by atoms with E-state index in [1.165, 1.54) is 48.0 Å². The molecule has 202 valence electrons. The first kappa shape index (κ1) is 25.7. The first-order valence-electron chi connectivity index (χ1n) is 14.4. The standard InChI is InChI=1S/C38H34N2S/c1-24(2)26-18-20-28-29-14-11-15-30(36(29)41-35(28)22-26)37-39-32-16-9-10-17-34(32)40(37)33-21-19-27(38(3,4)5)23-31(33)25-12-7-6-8-13-25/h6-24H,1-5H3. The summed E-state index contributed by atoms with van der Waals surface area (Å²) in [6.45, 7) is 11.4. The third-order valence-electron chi connectivity index (χ3n) is 8.18. The van der Waals surface area contributed by atoms with Crippen LogP contribution >= 0.6 is 11.3 Å². The Hall–Kier alpha value is -4.21. The van der Waals surface area contributed by atoms with Gasteiger partial charge in [-0.15, -0.1) is 11.3 Å². The Morgan fingerprint density at radius 3 is 2.27 bits per heavy atom. The van der Waals surface area contributed by atoms with E-state index in [0.717, 1.165) is 22.5 Å². The van der Waals surface area contributed by atoms with Gasteiger partial charge < -0.3 is 0 Å². The number of fused-ring (bicyclic) bond motifs is 4. The minimum atomic E-state index is 0.0411. The number of nitrogens with zero attached hydrogens (tertiary/aromatic N) is 2. The highest BCUT2D eigenvalue weighted by Gasteiger charge is 2.22. The summed E-state index contributed by atoms with van der Waals surface area (Å²) >= 11 is 1.88. The van der Waals surface area contributed by atoms with E-state index in [2.05, 4.69) is 148 Å². The monoisotopic (exact) mass is 550 g/mol. The van der Waals surface area contributed by atoms with Gasteiger partial charge in [-0.3, -0.25) is 4.57 Å². The second kappa shape index (κ2) is 9.71. The van der Waals surface area contributed by atoms with Crippen LogP contribution in [0.5, 0.6) is 0 Å². The molecular formula is C38H34N2S. The number of imidazole rings is 1. The van der Waals surface area contributed by atoms with Crippen molar-refractivity contribution in [3.63, 3.8) is 0 Å². The lowest BCUT2D eigenvalue weighted by atomic mass is 9.85. The molecule has 0 fully saturated rings. The molecule has 0 unspecified atom stereocenters. The molecule has 3 heteroatoms. The maximum atomic E-state index is 5.30. The summed E-state index contributed by atoms with van der Waals surface area (Å²) in [5, 5.41) is 2.61. The van der Waals surface area contributed by atoms with Crippen LogP contribution in [-0.2, 0) is 5.41 Å². The first-order chi connectivity index (χ1) is 19.8. The average molecular weight is 551 g/mol. The molecule has 0 radical (unpaired) electrons. The van der Waals surface area contributed by atoms with Crippen LogP contribution in [-0.4, -0.2) is 9.55 Å². The van der Waals surface area contributed by atoms with E-state index in [4.69, 9.17) is 4.98 Å². The van der Waals surface area contributed by atoms with Crippen molar-refractivity contribution in [3.8, 4) is 28.2 Å². The predicted octanol–water partition coefficient (Wildman–Crippen LogP) is 11.1. The Morgan fingerprint density at radius 2 is 1.49 bits per heavy atom. The lowest BCUT2D eigenvalue weighted by Gasteiger charge is -2.23. The molecule has 0 aliphatic heterocycles. The van der Waals surface area contributed by atoms with Crippen molar-refractivity contribution in [2.75, 3.05) is 0 Å². The van der Waals surface area contributed by atoms with Gasteiger partial charge in [0, 0.05) is 31.3 Å². The summed E-state index contributed by atoms with van der Waals surface area (Å²) in [7, 11) is 0. The van der Waals surface area contributed by atoms with Gasteiger partial charge in [-0.05, 0) is 64.4 Å². The maximum Gasteiger partial charge on any atom is 0.147 e. The molecule has 2 nitrogen and oxygen atoms in total. The van der Waals surface area contributed by atoms with Gasteiger partial charge in [0.05, 0.1) is 16.7 Å².